The zero-order valence-corrected chi connectivity index (χ0v) is 13.6. The summed E-state index contributed by atoms with van der Waals surface area (Å²) in [5.74, 6) is 6.62. The quantitative estimate of drug-likeness (QED) is 0.599. The van der Waals surface area contributed by atoms with Crippen LogP contribution in [0.5, 0.6) is 0 Å². The van der Waals surface area contributed by atoms with Gasteiger partial charge < -0.3 is 4.74 Å². The van der Waals surface area contributed by atoms with Gasteiger partial charge in [-0.05, 0) is 38.2 Å². The number of nitrogens with zero attached hydrogens (tertiary/aromatic N) is 2. The largest absolute Gasteiger partial charge is 0.373 e. The molecule has 0 bridgehead atoms. The van der Waals surface area contributed by atoms with Crippen molar-refractivity contribution in [2.75, 3.05) is 6.61 Å². The minimum absolute atomic E-state index is 0.00532. The van der Waals surface area contributed by atoms with Gasteiger partial charge in [0.1, 0.15) is 0 Å². The van der Waals surface area contributed by atoms with E-state index in [1.807, 2.05) is 6.20 Å². The summed E-state index contributed by atoms with van der Waals surface area (Å²) in [7, 11) is 0. The molecule has 1 saturated carbocycles. The first-order valence-electron chi connectivity index (χ1n) is 8.28. The summed E-state index contributed by atoms with van der Waals surface area (Å²) < 4.78 is 8.33. The maximum absolute atomic E-state index is 6.27. The van der Waals surface area contributed by atoms with Crippen molar-refractivity contribution in [1.29, 1.82) is 0 Å². The predicted octanol–water partition coefficient (Wildman–Crippen LogP) is 2.78. The molecule has 1 fully saturated rings. The smallest absolute Gasteiger partial charge is 0.0918 e. The highest BCUT2D eigenvalue weighted by Crippen LogP contribution is 2.43. The topological polar surface area (TPSA) is 65.1 Å². The van der Waals surface area contributed by atoms with Crippen LogP contribution in [0, 0.1) is 5.92 Å². The lowest BCUT2D eigenvalue weighted by molar-refractivity contribution is -0.103. The molecule has 5 heteroatoms. The number of hydrogen-bond acceptors (Lipinski definition) is 4. The normalized spacial score (nSPS) is 27.7. The molecule has 120 valence electrons. The molecule has 0 aliphatic heterocycles. The second-order valence-electron chi connectivity index (χ2n) is 6.28. The zero-order chi connectivity index (χ0) is 15.3. The highest BCUT2D eigenvalue weighted by molar-refractivity contribution is 5.14. The van der Waals surface area contributed by atoms with Crippen LogP contribution < -0.4 is 11.3 Å². The van der Waals surface area contributed by atoms with Crippen LogP contribution in [0.1, 0.15) is 64.6 Å². The standard InChI is InChI=1S/C16H30N4O/c1-4-11-20-14(8-10-18-20)15(19-17)16(21-5-2)9-6-7-13(3)12-16/h8,10,13,15,19H,4-7,9,11-12,17H2,1-3H3. The molecule has 1 aromatic rings. The molecule has 1 heterocycles. The highest BCUT2D eigenvalue weighted by Gasteiger charge is 2.44. The van der Waals surface area contributed by atoms with Crippen molar-refractivity contribution in [3.05, 3.63) is 18.0 Å². The van der Waals surface area contributed by atoms with Gasteiger partial charge in [0, 0.05) is 19.3 Å². The summed E-state index contributed by atoms with van der Waals surface area (Å²) in [5, 5.41) is 4.45. The SMILES string of the molecule is CCCn1nccc1C(NN)C1(OCC)CCCC(C)C1. The van der Waals surface area contributed by atoms with E-state index in [0.717, 1.165) is 31.5 Å². The monoisotopic (exact) mass is 294 g/mol. The van der Waals surface area contributed by atoms with Gasteiger partial charge in [-0.3, -0.25) is 10.5 Å². The van der Waals surface area contributed by atoms with Gasteiger partial charge in [-0.2, -0.15) is 5.10 Å². The first-order valence-corrected chi connectivity index (χ1v) is 8.28. The fourth-order valence-corrected chi connectivity index (χ4v) is 3.80. The molecule has 0 radical (unpaired) electrons. The van der Waals surface area contributed by atoms with Gasteiger partial charge >= 0.3 is 0 Å². The Bertz CT molecular complexity index is 430. The van der Waals surface area contributed by atoms with Crippen LogP contribution in [0.4, 0.5) is 0 Å². The molecule has 1 aliphatic carbocycles. The lowest BCUT2D eigenvalue weighted by Crippen LogP contribution is -2.51. The van der Waals surface area contributed by atoms with Crippen LogP contribution in [0.2, 0.25) is 0 Å². The van der Waals surface area contributed by atoms with E-state index in [9.17, 15) is 0 Å². The molecular formula is C16H30N4O. The fraction of sp³-hybridized carbons (Fsp3) is 0.812. The van der Waals surface area contributed by atoms with Gasteiger partial charge in [0.05, 0.1) is 17.3 Å². The number of hydrogen-bond donors (Lipinski definition) is 2. The summed E-state index contributed by atoms with van der Waals surface area (Å²) in [4.78, 5) is 0. The third-order valence-corrected chi connectivity index (χ3v) is 4.60. The molecular weight excluding hydrogens is 264 g/mol. The molecule has 3 atom stereocenters. The number of nitrogens with two attached hydrogens (primary N) is 1. The van der Waals surface area contributed by atoms with E-state index in [0.29, 0.717) is 12.5 Å². The van der Waals surface area contributed by atoms with E-state index in [2.05, 4.69) is 42.0 Å². The number of rotatable bonds is 7. The Hall–Kier alpha value is -0.910. The van der Waals surface area contributed by atoms with E-state index < -0.39 is 0 Å². The molecule has 3 N–H and O–H groups in total. The van der Waals surface area contributed by atoms with Crippen molar-refractivity contribution in [2.45, 2.75) is 71.1 Å². The Morgan fingerprint density at radius 2 is 2.38 bits per heavy atom. The summed E-state index contributed by atoms with van der Waals surface area (Å²) in [6.07, 6.45) is 7.50. The average molecular weight is 294 g/mol. The molecule has 3 unspecified atom stereocenters. The summed E-state index contributed by atoms with van der Waals surface area (Å²) >= 11 is 0. The average Bonchev–Trinajstić information content (AvgIpc) is 2.88. The molecule has 0 saturated heterocycles. The van der Waals surface area contributed by atoms with Gasteiger partial charge in [0.25, 0.3) is 0 Å². The Labute approximate surface area is 128 Å². The van der Waals surface area contributed by atoms with Crippen LogP contribution in [0.3, 0.4) is 0 Å². The maximum atomic E-state index is 6.27. The molecule has 0 spiro atoms. The van der Waals surface area contributed by atoms with Crippen molar-refractivity contribution >= 4 is 0 Å². The number of nitrogens with one attached hydrogen (secondary N) is 1. The highest BCUT2D eigenvalue weighted by atomic mass is 16.5. The number of ether oxygens (including phenoxy) is 1. The number of hydrazine groups is 1. The Kier molecular flexibility index (Phi) is 5.79. The van der Waals surface area contributed by atoms with E-state index in [1.165, 1.54) is 12.8 Å². The van der Waals surface area contributed by atoms with Crippen LogP contribution in [0.15, 0.2) is 12.3 Å². The van der Waals surface area contributed by atoms with Gasteiger partial charge in [-0.1, -0.05) is 26.7 Å². The number of aryl methyl sites for hydroxylation is 1. The maximum Gasteiger partial charge on any atom is 0.0918 e. The van der Waals surface area contributed by atoms with E-state index in [4.69, 9.17) is 10.6 Å². The van der Waals surface area contributed by atoms with Crippen molar-refractivity contribution in [3.63, 3.8) is 0 Å². The Morgan fingerprint density at radius 3 is 3.00 bits per heavy atom. The molecule has 5 nitrogen and oxygen atoms in total. The summed E-state index contributed by atoms with van der Waals surface area (Å²) in [5.41, 5.74) is 3.96. The fourth-order valence-electron chi connectivity index (χ4n) is 3.80. The van der Waals surface area contributed by atoms with E-state index in [1.54, 1.807) is 0 Å². The van der Waals surface area contributed by atoms with Crippen molar-refractivity contribution in [3.8, 4) is 0 Å². The number of aromatic nitrogens is 2. The minimum atomic E-state index is -0.216. The summed E-state index contributed by atoms with van der Waals surface area (Å²) in [6, 6.07) is 2.06. The summed E-state index contributed by atoms with van der Waals surface area (Å²) in [6.45, 7) is 8.17. The zero-order valence-electron chi connectivity index (χ0n) is 13.6. The molecule has 0 aromatic carbocycles. The third kappa shape index (κ3) is 3.47. The van der Waals surface area contributed by atoms with E-state index >= 15 is 0 Å². The van der Waals surface area contributed by atoms with Crippen LogP contribution in [-0.2, 0) is 11.3 Å². The minimum Gasteiger partial charge on any atom is -0.373 e. The second-order valence-corrected chi connectivity index (χ2v) is 6.28. The van der Waals surface area contributed by atoms with Gasteiger partial charge in [-0.25, -0.2) is 5.43 Å². The Morgan fingerprint density at radius 1 is 1.57 bits per heavy atom. The molecule has 1 aromatic heterocycles. The lowest BCUT2D eigenvalue weighted by atomic mass is 9.73. The van der Waals surface area contributed by atoms with Crippen molar-refractivity contribution in [2.24, 2.45) is 11.8 Å². The Balaban J connectivity index is 2.32. The predicted molar refractivity (Wildman–Crippen MR) is 84.6 cm³/mol. The van der Waals surface area contributed by atoms with Gasteiger partial charge in [-0.15, -0.1) is 0 Å². The van der Waals surface area contributed by atoms with Gasteiger partial charge in [0.15, 0.2) is 0 Å². The lowest BCUT2D eigenvalue weighted by Gasteiger charge is -2.45. The van der Waals surface area contributed by atoms with Crippen LogP contribution in [0.25, 0.3) is 0 Å². The first kappa shape index (κ1) is 16.5. The van der Waals surface area contributed by atoms with Crippen molar-refractivity contribution < 1.29 is 4.74 Å². The van der Waals surface area contributed by atoms with Gasteiger partial charge in [0.2, 0.25) is 0 Å². The van der Waals surface area contributed by atoms with E-state index in [-0.39, 0.29) is 11.6 Å². The third-order valence-electron chi connectivity index (χ3n) is 4.60. The van der Waals surface area contributed by atoms with Crippen LogP contribution in [-0.4, -0.2) is 22.0 Å². The van der Waals surface area contributed by atoms with Crippen molar-refractivity contribution in [1.82, 2.24) is 15.2 Å². The first-order chi connectivity index (χ1) is 10.2. The molecule has 1 aliphatic rings. The molecule has 21 heavy (non-hydrogen) atoms. The second kappa shape index (κ2) is 7.38. The van der Waals surface area contributed by atoms with Crippen LogP contribution >= 0.6 is 0 Å². The molecule has 2 rings (SSSR count). The molecule has 0 amide bonds.